The van der Waals surface area contributed by atoms with E-state index in [1.54, 1.807) is 0 Å². The van der Waals surface area contributed by atoms with Gasteiger partial charge in [0, 0.05) is 13.7 Å². The third-order valence-electron chi connectivity index (χ3n) is 1.21. The van der Waals surface area contributed by atoms with Crippen LogP contribution in [0.4, 0.5) is 0 Å². The molecule has 0 fully saturated rings. The molecule has 4 heteroatoms. The van der Waals surface area contributed by atoms with Crippen molar-refractivity contribution in [3.63, 3.8) is 0 Å². The Morgan fingerprint density at radius 3 is 2.30 bits per heavy atom. The zero-order valence-corrected chi connectivity index (χ0v) is 6.03. The zero-order chi connectivity index (χ0) is 7.98. The molecule has 0 rings (SSSR count). The Kier molecular flexibility index (Phi) is 5.52. The summed E-state index contributed by atoms with van der Waals surface area (Å²) in [5.74, 6) is 0. The van der Waals surface area contributed by atoms with Crippen LogP contribution in [0, 0.1) is 0 Å². The number of rotatable bonds is 5. The summed E-state index contributed by atoms with van der Waals surface area (Å²) < 4.78 is 4.58. The van der Waals surface area contributed by atoms with Crippen LogP contribution >= 0.6 is 0 Å². The lowest BCUT2D eigenvalue weighted by atomic mass is 10.1. The second kappa shape index (κ2) is 5.61. The molecule has 0 aliphatic carbocycles. The summed E-state index contributed by atoms with van der Waals surface area (Å²) in [5, 5.41) is 26.3. The van der Waals surface area contributed by atoms with Crippen molar-refractivity contribution in [3.05, 3.63) is 0 Å². The molecule has 0 aromatic carbocycles. The molecular formula is C6H14O4. The molecule has 0 radical (unpaired) electrons. The first-order chi connectivity index (χ1) is 4.72. The maximum Gasteiger partial charge on any atom is 0.103 e. The fourth-order valence-corrected chi connectivity index (χ4v) is 0.606. The van der Waals surface area contributed by atoms with Crippen LogP contribution in [-0.2, 0) is 4.74 Å². The molecule has 0 saturated carbocycles. The molecule has 0 aromatic heterocycles. The minimum Gasteiger partial charge on any atom is -0.396 e. The van der Waals surface area contributed by atoms with Crippen LogP contribution in [0.5, 0.6) is 0 Å². The van der Waals surface area contributed by atoms with Crippen LogP contribution in [0.3, 0.4) is 0 Å². The Morgan fingerprint density at radius 1 is 1.30 bits per heavy atom. The number of hydrogen-bond donors (Lipinski definition) is 3. The maximum atomic E-state index is 8.96. The highest BCUT2D eigenvalue weighted by atomic mass is 16.5. The van der Waals surface area contributed by atoms with Crippen LogP contribution in [0.1, 0.15) is 6.42 Å². The molecule has 0 aliphatic rings. The molecule has 62 valence electrons. The largest absolute Gasteiger partial charge is 0.396 e. The Morgan fingerprint density at radius 2 is 1.90 bits per heavy atom. The van der Waals surface area contributed by atoms with Crippen molar-refractivity contribution in [2.75, 3.05) is 20.3 Å². The molecule has 0 amide bonds. The summed E-state index contributed by atoms with van der Waals surface area (Å²) in [5.41, 5.74) is 0. The number of hydrogen-bond acceptors (Lipinski definition) is 4. The molecular weight excluding hydrogens is 136 g/mol. The summed E-state index contributed by atoms with van der Waals surface area (Å²) in [6.45, 7) is -0.0247. The Hall–Kier alpha value is -0.160. The first-order valence-electron chi connectivity index (χ1n) is 3.18. The van der Waals surface area contributed by atoms with Gasteiger partial charge in [-0.3, -0.25) is 0 Å². The Labute approximate surface area is 60.1 Å². The first-order valence-corrected chi connectivity index (χ1v) is 3.18. The van der Waals surface area contributed by atoms with Gasteiger partial charge in [-0.2, -0.15) is 0 Å². The van der Waals surface area contributed by atoms with Crippen LogP contribution in [0.2, 0.25) is 0 Å². The van der Waals surface area contributed by atoms with Crippen LogP contribution in [-0.4, -0.2) is 47.9 Å². The molecule has 3 N–H and O–H groups in total. The number of aliphatic hydroxyl groups is 3. The summed E-state index contributed by atoms with van der Waals surface area (Å²) in [6.07, 6.45) is -1.59. The second-order valence-corrected chi connectivity index (χ2v) is 2.10. The highest BCUT2D eigenvalue weighted by molar-refractivity contribution is 4.65. The van der Waals surface area contributed by atoms with Gasteiger partial charge in [0.1, 0.15) is 6.10 Å². The highest BCUT2D eigenvalue weighted by Crippen LogP contribution is 1.97. The summed E-state index contributed by atoms with van der Waals surface area (Å²) in [7, 11) is 1.44. The van der Waals surface area contributed by atoms with Crippen LogP contribution < -0.4 is 0 Å². The van der Waals surface area contributed by atoms with Crippen molar-refractivity contribution < 1.29 is 20.1 Å². The Balaban J connectivity index is 3.38. The average Bonchev–Trinajstić information content (AvgIpc) is 1.89. The minimum absolute atomic E-state index is 0.0984. The van der Waals surface area contributed by atoms with Crippen molar-refractivity contribution in [2.45, 2.75) is 18.6 Å². The third-order valence-corrected chi connectivity index (χ3v) is 1.21. The quantitative estimate of drug-likeness (QED) is 0.457. The normalized spacial score (nSPS) is 16.8. The van der Waals surface area contributed by atoms with Gasteiger partial charge in [0.05, 0.1) is 12.7 Å². The van der Waals surface area contributed by atoms with Gasteiger partial charge in [0.15, 0.2) is 0 Å². The molecule has 2 unspecified atom stereocenters. The topological polar surface area (TPSA) is 69.9 Å². The van der Waals surface area contributed by atoms with Crippen molar-refractivity contribution in [1.82, 2.24) is 0 Å². The number of aliphatic hydroxyl groups excluding tert-OH is 3. The third kappa shape index (κ3) is 3.79. The number of methoxy groups -OCH3 is 1. The zero-order valence-electron chi connectivity index (χ0n) is 6.03. The number of ether oxygens (including phenoxy) is 1. The van der Waals surface area contributed by atoms with E-state index in [1.807, 2.05) is 0 Å². The smallest absolute Gasteiger partial charge is 0.103 e. The van der Waals surface area contributed by atoms with Gasteiger partial charge in [-0.05, 0) is 6.42 Å². The van der Waals surface area contributed by atoms with E-state index in [9.17, 15) is 0 Å². The van der Waals surface area contributed by atoms with Crippen molar-refractivity contribution in [2.24, 2.45) is 0 Å². The SMILES string of the molecule is COCC(O)C(O)CCO. The van der Waals surface area contributed by atoms with Gasteiger partial charge in [0.2, 0.25) is 0 Å². The molecule has 10 heavy (non-hydrogen) atoms. The van der Waals surface area contributed by atoms with E-state index in [-0.39, 0.29) is 19.6 Å². The van der Waals surface area contributed by atoms with Crippen LogP contribution in [0.25, 0.3) is 0 Å². The second-order valence-electron chi connectivity index (χ2n) is 2.10. The van der Waals surface area contributed by atoms with Gasteiger partial charge >= 0.3 is 0 Å². The molecule has 0 aromatic rings. The fourth-order valence-electron chi connectivity index (χ4n) is 0.606. The molecule has 4 nitrogen and oxygen atoms in total. The Bertz CT molecular complexity index is 66.1. The monoisotopic (exact) mass is 150 g/mol. The maximum absolute atomic E-state index is 8.96. The van der Waals surface area contributed by atoms with E-state index in [1.165, 1.54) is 7.11 Å². The molecule has 0 saturated heterocycles. The van der Waals surface area contributed by atoms with E-state index < -0.39 is 12.2 Å². The lowest BCUT2D eigenvalue weighted by molar-refractivity contribution is -0.0345. The molecule has 2 atom stereocenters. The van der Waals surface area contributed by atoms with E-state index in [0.717, 1.165) is 0 Å². The predicted octanol–water partition coefficient (Wildman–Crippen LogP) is -1.26. The van der Waals surface area contributed by atoms with Gasteiger partial charge in [0.25, 0.3) is 0 Å². The van der Waals surface area contributed by atoms with Crippen LogP contribution in [0.15, 0.2) is 0 Å². The minimum atomic E-state index is -0.892. The predicted molar refractivity (Wildman–Crippen MR) is 35.6 cm³/mol. The average molecular weight is 150 g/mol. The summed E-state index contributed by atoms with van der Waals surface area (Å²) >= 11 is 0. The molecule has 0 aliphatic heterocycles. The lowest BCUT2D eigenvalue weighted by Gasteiger charge is -2.15. The van der Waals surface area contributed by atoms with Crippen molar-refractivity contribution in [1.29, 1.82) is 0 Å². The van der Waals surface area contributed by atoms with E-state index in [4.69, 9.17) is 15.3 Å². The van der Waals surface area contributed by atoms with Gasteiger partial charge in [-0.15, -0.1) is 0 Å². The summed E-state index contributed by atoms with van der Waals surface area (Å²) in [6, 6.07) is 0. The van der Waals surface area contributed by atoms with E-state index in [2.05, 4.69) is 4.74 Å². The van der Waals surface area contributed by atoms with E-state index >= 15 is 0 Å². The lowest BCUT2D eigenvalue weighted by Crippen LogP contribution is -2.30. The van der Waals surface area contributed by atoms with Crippen molar-refractivity contribution in [3.8, 4) is 0 Å². The summed E-state index contributed by atoms with van der Waals surface area (Å²) in [4.78, 5) is 0. The van der Waals surface area contributed by atoms with Crippen molar-refractivity contribution >= 4 is 0 Å². The van der Waals surface area contributed by atoms with Gasteiger partial charge < -0.3 is 20.1 Å². The van der Waals surface area contributed by atoms with Gasteiger partial charge in [-0.1, -0.05) is 0 Å². The fraction of sp³-hybridized carbons (Fsp3) is 1.00. The highest BCUT2D eigenvalue weighted by Gasteiger charge is 2.14. The molecule has 0 bridgehead atoms. The standard InChI is InChI=1S/C6H14O4/c1-10-4-6(9)5(8)2-3-7/h5-9H,2-4H2,1H3. The van der Waals surface area contributed by atoms with E-state index in [0.29, 0.717) is 0 Å². The molecule has 0 spiro atoms. The first kappa shape index (κ1) is 9.84. The molecule has 0 heterocycles. The van der Waals surface area contributed by atoms with Gasteiger partial charge in [-0.25, -0.2) is 0 Å².